The fourth-order valence-electron chi connectivity index (χ4n) is 1.92. The standard InChI is InChI=1S/C12H25NO3/c1-11-4-5-13(10-12(11)14)6-9-16-8-3-7-15-2/h11-12,14H,3-10H2,1-2H3. The van der Waals surface area contributed by atoms with Crippen molar-refractivity contribution in [3.63, 3.8) is 0 Å². The van der Waals surface area contributed by atoms with Gasteiger partial charge in [-0.05, 0) is 25.3 Å². The van der Waals surface area contributed by atoms with Crippen molar-refractivity contribution >= 4 is 0 Å². The minimum absolute atomic E-state index is 0.165. The van der Waals surface area contributed by atoms with E-state index in [-0.39, 0.29) is 6.10 Å². The number of methoxy groups -OCH3 is 1. The smallest absolute Gasteiger partial charge is 0.0693 e. The van der Waals surface area contributed by atoms with Crippen molar-refractivity contribution < 1.29 is 14.6 Å². The van der Waals surface area contributed by atoms with Gasteiger partial charge in [0.2, 0.25) is 0 Å². The molecule has 0 amide bonds. The number of ether oxygens (including phenoxy) is 2. The molecule has 0 radical (unpaired) electrons. The maximum absolute atomic E-state index is 9.72. The fourth-order valence-corrected chi connectivity index (χ4v) is 1.92. The summed E-state index contributed by atoms with van der Waals surface area (Å²) in [6.45, 7) is 7.20. The van der Waals surface area contributed by atoms with E-state index in [1.165, 1.54) is 0 Å². The Morgan fingerprint density at radius 2 is 2.12 bits per heavy atom. The van der Waals surface area contributed by atoms with Crippen LogP contribution in [-0.2, 0) is 9.47 Å². The van der Waals surface area contributed by atoms with Crippen LogP contribution in [0.25, 0.3) is 0 Å². The van der Waals surface area contributed by atoms with Gasteiger partial charge in [0.15, 0.2) is 0 Å². The lowest BCUT2D eigenvalue weighted by Gasteiger charge is -2.34. The molecule has 0 spiro atoms. The molecule has 4 nitrogen and oxygen atoms in total. The number of aliphatic hydroxyl groups is 1. The summed E-state index contributed by atoms with van der Waals surface area (Å²) in [7, 11) is 1.70. The van der Waals surface area contributed by atoms with Gasteiger partial charge < -0.3 is 14.6 Å². The molecule has 1 aliphatic heterocycles. The summed E-state index contributed by atoms with van der Waals surface area (Å²) in [4.78, 5) is 2.28. The quantitative estimate of drug-likeness (QED) is 0.656. The van der Waals surface area contributed by atoms with Crippen LogP contribution in [0.2, 0.25) is 0 Å². The average molecular weight is 231 g/mol. The van der Waals surface area contributed by atoms with E-state index in [4.69, 9.17) is 9.47 Å². The van der Waals surface area contributed by atoms with E-state index >= 15 is 0 Å². The third kappa shape index (κ3) is 5.25. The summed E-state index contributed by atoms with van der Waals surface area (Å²) in [5.74, 6) is 0.443. The van der Waals surface area contributed by atoms with E-state index in [1.54, 1.807) is 7.11 Å². The van der Waals surface area contributed by atoms with Gasteiger partial charge >= 0.3 is 0 Å². The first-order valence-electron chi connectivity index (χ1n) is 6.21. The highest BCUT2D eigenvalue weighted by Gasteiger charge is 2.23. The molecule has 1 saturated heterocycles. The summed E-state index contributed by atoms with van der Waals surface area (Å²) < 4.78 is 10.4. The van der Waals surface area contributed by atoms with E-state index in [0.717, 1.165) is 52.3 Å². The van der Waals surface area contributed by atoms with Crippen LogP contribution >= 0.6 is 0 Å². The summed E-state index contributed by atoms with van der Waals surface area (Å²) in [5, 5.41) is 9.72. The minimum atomic E-state index is -0.165. The van der Waals surface area contributed by atoms with E-state index in [1.807, 2.05) is 0 Å². The van der Waals surface area contributed by atoms with Crippen molar-refractivity contribution in [2.24, 2.45) is 5.92 Å². The number of piperidine rings is 1. The number of rotatable bonds is 7. The maximum atomic E-state index is 9.72. The van der Waals surface area contributed by atoms with E-state index in [9.17, 15) is 5.11 Å². The third-order valence-electron chi connectivity index (χ3n) is 3.19. The lowest BCUT2D eigenvalue weighted by Crippen LogP contribution is -2.44. The second-order valence-electron chi connectivity index (χ2n) is 4.59. The van der Waals surface area contributed by atoms with Crippen molar-refractivity contribution in [3.8, 4) is 0 Å². The van der Waals surface area contributed by atoms with E-state index in [0.29, 0.717) is 5.92 Å². The minimum Gasteiger partial charge on any atom is -0.392 e. The average Bonchev–Trinajstić information content (AvgIpc) is 2.28. The van der Waals surface area contributed by atoms with Gasteiger partial charge in [-0.15, -0.1) is 0 Å². The topological polar surface area (TPSA) is 41.9 Å². The van der Waals surface area contributed by atoms with Crippen LogP contribution in [0.15, 0.2) is 0 Å². The van der Waals surface area contributed by atoms with Crippen molar-refractivity contribution in [1.82, 2.24) is 4.90 Å². The van der Waals surface area contributed by atoms with Gasteiger partial charge in [0.1, 0.15) is 0 Å². The first kappa shape index (κ1) is 13.9. The second kappa shape index (κ2) is 8.01. The molecule has 0 aliphatic carbocycles. The van der Waals surface area contributed by atoms with Gasteiger partial charge in [-0.3, -0.25) is 4.90 Å². The monoisotopic (exact) mass is 231 g/mol. The molecule has 2 atom stereocenters. The molecule has 1 rings (SSSR count). The van der Waals surface area contributed by atoms with Crippen LogP contribution in [0.5, 0.6) is 0 Å². The van der Waals surface area contributed by atoms with Crippen LogP contribution in [0.3, 0.4) is 0 Å². The van der Waals surface area contributed by atoms with Gasteiger partial charge in [0, 0.05) is 33.4 Å². The predicted molar refractivity (Wildman–Crippen MR) is 63.5 cm³/mol. The Hall–Kier alpha value is -0.160. The Morgan fingerprint density at radius 1 is 1.31 bits per heavy atom. The molecule has 1 aliphatic rings. The van der Waals surface area contributed by atoms with E-state index in [2.05, 4.69) is 11.8 Å². The lowest BCUT2D eigenvalue weighted by molar-refractivity contribution is 0.0127. The Kier molecular flexibility index (Phi) is 6.96. The normalized spacial score (nSPS) is 27.2. The molecule has 16 heavy (non-hydrogen) atoms. The molecule has 0 bridgehead atoms. The highest BCUT2D eigenvalue weighted by molar-refractivity contribution is 4.76. The zero-order valence-electron chi connectivity index (χ0n) is 10.5. The predicted octanol–water partition coefficient (Wildman–Crippen LogP) is 0.742. The van der Waals surface area contributed by atoms with Crippen LogP contribution in [0.4, 0.5) is 0 Å². The summed E-state index contributed by atoms with van der Waals surface area (Å²) in [6.07, 6.45) is 1.88. The molecule has 2 unspecified atom stereocenters. The van der Waals surface area contributed by atoms with E-state index < -0.39 is 0 Å². The number of likely N-dealkylation sites (tertiary alicyclic amines) is 1. The Labute approximate surface area is 98.5 Å². The van der Waals surface area contributed by atoms with Crippen LogP contribution in [0.1, 0.15) is 19.8 Å². The molecule has 4 heteroatoms. The van der Waals surface area contributed by atoms with Crippen LogP contribution < -0.4 is 0 Å². The summed E-state index contributed by atoms with van der Waals surface area (Å²) in [5.41, 5.74) is 0. The van der Waals surface area contributed by atoms with Gasteiger partial charge in [0.05, 0.1) is 12.7 Å². The molecule has 0 aromatic rings. The summed E-state index contributed by atoms with van der Waals surface area (Å²) in [6, 6.07) is 0. The number of hydrogen-bond acceptors (Lipinski definition) is 4. The highest BCUT2D eigenvalue weighted by atomic mass is 16.5. The number of aliphatic hydroxyl groups excluding tert-OH is 1. The molecule has 0 saturated carbocycles. The van der Waals surface area contributed by atoms with Gasteiger partial charge in [-0.25, -0.2) is 0 Å². The van der Waals surface area contributed by atoms with Crippen molar-refractivity contribution in [2.75, 3.05) is 46.6 Å². The zero-order chi connectivity index (χ0) is 11.8. The Bertz CT molecular complexity index is 178. The Morgan fingerprint density at radius 3 is 2.81 bits per heavy atom. The SMILES string of the molecule is COCCCOCCN1CCC(C)C(O)C1. The largest absolute Gasteiger partial charge is 0.392 e. The maximum Gasteiger partial charge on any atom is 0.0693 e. The van der Waals surface area contributed by atoms with Gasteiger partial charge in [-0.2, -0.15) is 0 Å². The summed E-state index contributed by atoms with van der Waals surface area (Å²) >= 11 is 0. The second-order valence-corrected chi connectivity index (χ2v) is 4.59. The first-order chi connectivity index (χ1) is 7.74. The van der Waals surface area contributed by atoms with Gasteiger partial charge in [0.25, 0.3) is 0 Å². The number of hydrogen-bond donors (Lipinski definition) is 1. The fraction of sp³-hybridized carbons (Fsp3) is 1.00. The Balaban J connectivity index is 1.97. The zero-order valence-corrected chi connectivity index (χ0v) is 10.5. The number of nitrogens with zero attached hydrogens (tertiary/aromatic N) is 1. The first-order valence-corrected chi connectivity index (χ1v) is 6.21. The van der Waals surface area contributed by atoms with Crippen molar-refractivity contribution in [2.45, 2.75) is 25.9 Å². The molecule has 1 N–H and O–H groups in total. The molecule has 96 valence electrons. The van der Waals surface area contributed by atoms with Gasteiger partial charge in [-0.1, -0.05) is 6.92 Å². The molecule has 0 aromatic heterocycles. The highest BCUT2D eigenvalue weighted by Crippen LogP contribution is 2.16. The van der Waals surface area contributed by atoms with Crippen LogP contribution in [0, 0.1) is 5.92 Å². The third-order valence-corrected chi connectivity index (χ3v) is 3.19. The lowest BCUT2D eigenvalue weighted by atomic mass is 9.96. The van der Waals surface area contributed by atoms with Crippen LogP contribution in [-0.4, -0.2) is 62.7 Å². The molecular formula is C12H25NO3. The van der Waals surface area contributed by atoms with Crippen molar-refractivity contribution in [3.05, 3.63) is 0 Å². The number of β-amino-alcohol motifs (C(OH)–C–C–N with tert-alkyl or cyclic N) is 1. The molecule has 1 heterocycles. The molecule has 0 aromatic carbocycles. The van der Waals surface area contributed by atoms with Crippen molar-refractivity contribution in [1.29, 1.82) is 0 Å². The molecule has 1 fully saturated rings. The molecular weight excluding hydrogens is 206 g/mol.